The Morgan fingerprint density at radius 3 is 2.94 bits per heavy atom. The highest BCUT2D eigenvalue weighted by Gasteiger charge is 2.72. The van der Waals surface area contributed by atoms with Gasteiger partial charge in [-0.3, -0.25) is 4.90 Å². The number of aliphatic hydroxyl groups is 1. The molecule has 2 bridgehead atoms. The van der Waals surface area contributed by atoms with Crippen LogP contribution in [0.3, 0.4) is 0 Å². The second kappa shape index (κ2) is 6.84. The van der Waals surface area contributed by atoms with Gasteiger partial charge in [-0.1, -0.05) is 12.1 Å². The third kappa shape index (κ3) is 2.43. The number of piperidine rings is 1. The second-order valence-corrected chi connectivity index (χ2v) is 11.4. The molecule has 0 amide bonds. The molecule has 7 heteroatoms. The van der Waals surface area contributed by atoms with Crippen molar-refractivity contribution in [2.45, 2.75) is 62.2 Å². The smallest absolute Gasteiger partial charge is 0.338 e. The normalized spacial score (nSPS) is 31.6. The Hall–Kier alpha value is -3.03. The number of carbonyl (C=O) groups is 1. The fourth-order valence-corrected chi connectivity index (χ4v) is 7.97. The lowest BCUT2D eigenvalue weighted by atomic mass is 9.49. The molecule has 8 rings (SSSR count). The Morgan fingerprint density at radius 2 is 2.14 bits per heavy atom. The number of rotatable bonds is 4. The SMILES string of the molecule is CCOC(=O)c1ccc2c3c([nH]c2c1)C1Oc2c(O)ccc4c2C12CCN(CC1CC1)C(C4)C2(O)C3. The topological polar surface area (TPSA) is 95.0 Å². The van der Waals surface area contributed by atoms with Crippen LogP contribution in [0.2, 0.25) is 0 Å². The first kappa shape index (κ1) is 21.1. The molecular formula is C29H30N2O5. The number of aromatic amines is 1. The van der Waals surface area contributed by atoms with Crippen molar-refractivity contribution in [3.63, 3.8) is 0 Å². The molecule has 1 saturated carbocycles. The van der Waals surface area contributed by atoms with Crippen LogP contribution in [0.5, 0.6) is 11.5 Å². The molecular weight excluding hydrogens is 456 g/mol. The quantitative estimate of drug-likeness (QED) is 0.487. The monoisotopic (exact) mass is 486 g/mol. The summed E-state index contributed by atoms with van der Waals surface area (Å²) in [5, 5.41) is 24.7. The number of benzene rings is 2. The molecule has 3 heterocycles. The lowest BCUT2D eigenvalue weighted by Gasteiger charge is -2.62. The molecule has 4 unspecified atom stereocenters. The van der Waals surface area contributed by atoms with Crippen LogP contribution in [0.15, 0.2) is 30.3 Å². The first-order valence-electron chi connectivity index (χ1n) is 13.2. The van der Waals surface area contributed by atoms with Crippen LogP contribution in [0.25, 0.3) is 10.9 Å². The van der Waals surface area contributed by atoms with Gasteiger partial charge in [0.05, 0.1) is 28.9 Å². The van der Waals surface area contributed by atoms with E-state index in [0.717, 1.165) is 59.6 Å². The maximum Gasteiger partial charge on any atom is 0.338 e. The summed E-state index contributed by atoms with van der Waals surface area (Å²) in [5.41, 5.74) is 3.92. The summed E-state index contributed by atoms with van der Waals surface area (Å²) in [5.74, 6) is 1.07. The van der Waals surface area contributed by atoms with E-state index in [2.05, 4.69) is 9.88 Å². The number of fused-ring (bicyclic) bond motifs is 4. The Morgan fingerprint density at radius 1 is 1.28 bits per heavy atom. The zero-order chi connectivity index (χ0) is 24.4. The molecule has 3 N–H and O–H groups in total. The van der Waals surface area contributed by atoms with Crippen LogP contribution >= 0.6 is 0 Å². The summed E-state index contributed by atoms with van der Waals surface area (Å²) in [6, 6.07) is 9.37. The number of likely N-dealkylation sites (tertiary alicyclic amines) is 1. The van der Waals surface area contributed by atoms with Gasteiger partial charge in [-0.25, -0.2) is 4.79 Å². The number of nitrogens with zero attached hydrogens (tertiary/aromatic N) is 1. The van der Waals surface area contributed by atoms with E-state index in [1.165, 1.54) is 18.4 Å². The number of ether oxygens (including phenoxy) is 2. The number of aromatic nitrogens is 1. The first-order valence-corrected chi connectivity index (χ1v) is 13.2. The Labute approximate surface area is 209 Å². The third-order valence-corrected chi connectivity index (χ3v) is 9.67. The lowest BCUT2D eigenvalue weighted by molar-refractivity contribution is -0.173. The zero-order valence-corrected chi connectivity index (χ0v) is 20.3. The van der Waals surface area contributed by atoms with Crippen LogP contribution in [-0.4, -0.2) is 57.4 Å². The van der Waals surface area contributed by atoms with Gasteiger partial charge in [0.15, 0.2) is 17.6 Å². The maximum atomic E-state index is 12.9. The summed E-state index contributed by atoms with van der Waals surface area (Å²) in [6.45, 7) is 4.08. The maximum absolute atomic E-state index is 12.9. The van der Waals surface area contributed by atoms with Crippen molar-refractivity contribution in [1.82, 2.24) is 9.88 Å². The van der Waals surface area contributed by atoms with Crippen LogP contribution in [0.1, 0.15) is 65.0 Å². The fourth-order valence-electron chi connectivity index (χ4n) is 7.97. The number of H-pyrrole nitrogens is 1. The minimum atomic E-state index is -1.02. The van der Waals surface area contributed by atoms with Crippen LogP contribution in [-0.2, 0) is 23.0 Å². The molecule has 5 aliphatic rings. The average Bonchev–Trinajstić information content (AvgIpc) is 3.50. The first-order chi connectivity index (χ1) is 17.4. The summed E-state index contributed by atoms with van der Waals surface area (Å²) in [4.78, 5) is 18.5. The van der Waals surface area contributed by atoms with Gasteiger partial charge in [0.1, 0.15) is 0 Å². The zero-order valence-electron chi connectivity index (χ0n) is 20.3. The number of carbonyl (C=O) groups excluding carboxylic acids is 1. The van der Waals surface area contributed by atoms with Gasteiger partial charge >= 0.3 is 5.97 Å². The molecule has 7 nitrogen and oxygen atoms in total. The molecule has 1 aromatic heterocycles. The molecule has 2 aliphatic heterocycles. The highest BCUT2D eigenvalue weighted by atomic mass is 16.5. The molecule has 4 atom stereocenters. The largest absolute Gasteiger partial charge is 0.504 e. The fraction of sp³-hybridized carbons (Fsp3) is 0.483. The Bertz CT molecular complexity index is 1460. The van der Waals surface area contributed by atoms with Gasteiger partial charge in [0, 0.05) is 35.5 Å². The van der Waals surface area contributed by atoms with E-state index in [4.69, 9.17) is 9.47 Å². The molecule has 2 fully saturated rings. The molecule has 2 aromatic carbocycles. The number of aromatic hydroxyl groups is 1. The van der Waals surface area contributed by atoms with Crippen molar-refractivity contribution >= 4 is 16.9 Å². The number of hydrogen-bond donors (Lipinski definition) is 3. The third-order valence-electron chi connectivity index (χ3n) is 9.67. The molecule has 36 heavy (non-hydrogen) atoms. The molecule has 186 valence electrons. The van der Waals surface area contributed by atoms with Crippen LogP contribution in [0.4, 0.5) is 0 Å². The summed E-state index contributed by atoms with van der Waals surface area (Å²) in [7, 11) is 0. The molecule has 1 spiro atoms. The van der Waals surface area contributed by atoms with Crippen molar-refractivity contribution in [2.24, 2.45) is 5.92 Å². The van der Waals surface area contributed by atoms with E-state index in [-0.39, 0.29) is 17.8 Å². The highest BCUT2D eigenvalue weighted by Crippen LogP contribution is 2.69. The minimum absolute atomic E-state index is 0.00199. The van der Waals surface area contributed by atoms with E-state index in [9.17, 15) is 15.0 Å². The number of hydrogen-bond acceptors (Lipinski definition) is 6. The highest BCUT2D eigenvalue weighted by molar-refractivity contribution is 5.96. The predicted molar refractivity (Wildman–Crippen MR) is 132 cm³/mol. The number of nitrogens with one attached hydrogen (secondary N) is 1. The number of phenolic OH excluding ortho intramolecular Hbond substituents is 1. The lowest BCUT2D eigenvalue weighted by Crippen LogP contribution is -2.74. The second-order valence-electron chi connectivity index (χ2n) is 11.4. The van der Waals surface area contributed by atoms with Gasteiger partial charge in [0.2, 0.25) is 0 Å². The van der Waals surface area contributed by atoms with Crippen molar-refractivity contribution in [1.29, 1.82) is 0 Å². The Balaban J connectivity index is 1.34. The van der Waals surface area contributed by atoms with Crippen LogP contribution < -0.4 is 4.74 Å². The van der Waals surface area contributed by atoms with E-state index in [0.29, 0.717) is 24.3 Å². The predicted octanol–water partition coefficient (Wildman–Crippen LogP) is 3.75. The van der Waals surface area contributed by atoms with Gasteiger partial charge in [-0.15, -0.1) is 0 Å². The summed E-state index contributed by atoms with van der Waals surface area (Å²) >= 11 is 0. The Kier molecular flexibility index (Phi) is 4.01. The van der Waals surface area contributed by atoms with Gasteiger partial charge in [0.25, 0.3) is 0 Å². The molecule has 3 aliphatic carbocycles. The average molecular weight is 487 g/mol. The summed E-state index contributed by atoms with van der Waals surface area (Å²) in [6.07, 6.45) is 4.20. The van der Waals surface area contributed by atoms with Crippen molar-refractivity contribution in [3.8, 4) is 11.5 Å². The van der Waals surface area contributed by atoms with Crippen LogP contribution in [0, 0.1) is 5.92 Å². The van der Waals surface area contributed by atoms with Gasteiger partial charge in [-0.05, 0) is 74.4 Å². The van der Waals surface area contributed by atoms with E-state index in [1.54, 1.807) is 19.1 Å². The van der Waals surface area contributed by atoms with Crippen molar-refractivity contribution in [2.75, 3.05) is 19.7 Å². The molecule has 1 saturated heterocycles. The van der Waals surface area contributed by atoms with Gasteiger partial charge < -0.3 is 24.7 Å². The van der Waals surface area contributed by atoms with Crippen molar-refractivity contribution in [3.05, 3.63) is 58.3 Å². The molecule has 0 radical (unpaired) electrons. The number of esters is 1. The van der Waals surface area contributed by atoms with Crippen molar-refractivity contribution < 1.29 is 24.5 Å². The molecule has 3 aromatic rings. The van der Waals surface area contributed by atoms with E-state index >= 15 is 0 Å². The minimum Gasteiger partial charge on any atom is -0.504 e. The van der Waals surface area contributed by atoms with Gasteiger partial charge in [-0.2, -0.15) is 0 Å². The standard InChI is InChI=1S/C29H30N2O5/c1-2-35-27(33)17-5-7-18-19-13-29(34)22-12-16-6-8-21(32)25-23(16)28(29,9-10-31(22)14-15-3-4-15)26(36-25)24(19)30-20(18)11-17/h5-8,11,15,22,26,30,32,34H,2-4,9-10,12-14H2,1H3. The van der Waals surface area contributed by atoms with E-state index < -0.39 is 17.1 Å². The summed E-state index contributed by atoms with van der Waals surface area (Å²) < 4.78 is 11.8. The van der Waals surface area contributed by atoms with E-state index in [1.807, 2.05) is 18.2 Å². The number of phenols is 1.